The molecule has 1 aliphatic heterocycles. The quantitative estimate of drug-likeness (QED) is 0.567. The number of carboxylic acids is 1. The number of ether oxygens (including phenoxy) is 2. The third-order valence-corrected chi connectivity index (χ3v) is 5.56. The average Bonchev–Trinajstić information content (AvgIpc) is 3.09. The molecular weight excluding hydrogens is 436 g/mol. The highest BCUT2D eigenvalue weighted by Crippen LogP contribution is 2.32. The number of esters is 1. The Labute approximate surface area is 188 Å². The fourth-order valence-electron chi connectivity index (χ4n) is 4.01. The Morgan fingerprint density at radius 3 is 2.67 bits per heavy atom. The van der Waals surface area contributed by atoms with E-state index in [1.807, 2.05) is 17.9 Å². The highest BCUT2D eigenvalue weighted by Gasteiger charge is 2.30. The van der Waals surface area contributed by atoms with Crippen LogP contribution in [0.3, 0.4) is 0 Å². The summed E-state index contributed by atoms with van der Waals surface area (Å²) in [5, 5.41) is 8.95. The number of aliphatic carboxylic acids is 1. The fourth-order valence-corrected chi connectivity index (χ4v) is 4.01. The molecule has 4 rings (SSSR count). The molecule has 1 atom stereocenters. The van der Waals surface area contributed by atoms with Gasteiger partial charge in [0.15, 0.2) is 6.10 Å². The number of carbonyl (C=O) groups excluding carboxylic acids is 1. The largest absolute Gasteiger partial charge is 0.481 e. The van der Waals surface area contributed by atoms with Gasteiger partial charge in [0.2, 0.25) is 0 Å². The molecule has 1 saturated heterocycles. The van der Waals surface area contributed by atoms with Gasteiger partial charge in [0.25, 0.3) is 0 Å². The molecule has 3 aromatic rings. The Bertz CT molecular complexity index is 1200. The van der Waals surface area contributed by atoms with E-state index in [2.05, 4.69) is 4.98 Å². The van der Waals surface area contributed by atoms with Crippen molar-refractivity contribution < 1.29 is 33.0 Å². The highest BCUT2D eigenvalue weighted by molar-refractivity contribution is 5.75. The van der Waals surface area contributed by atoms with Crippen LogP contribution in [0, 0.1) is 18.6 Å². The molecule has 174 valence electrons. The number of methoxy groups -OCH3 is 1. The number of aromatic nitrogens is 2. The monoisotopic (exact) mass is 459 g/mol. The minimum absolute atomic E-state index is 0.0245. The van der Waals surface area contributed by atoms with Gasteiger partial charge in [0.05, 0.1) is 37.1 Å². The summed E-state index contributed by atoms with van der Waals surface area (Å²) in [5.74, 6) is -3.44. The maximum atomic E-state index is 15.1. The van der Waals surface area contributed by atoms with E-state index in [4.69, 9.17) is 14.6 Å². The molecule has 10 heteroatoms. The van der Waals surface area contributed by atoms with E-state index < -0.39 is 36.1 Å². The molecule has 0 unspecified atom stereocenters. The normalized spacial score (nSPS) is 16.8. The van der Waals surface area contributed by atoms with E-state index in [9.17, 15) is 9.59 Å². The predicted molar refractivity (Wildman–Crippen MR) is 114 cm³/mol. The third-order valence-electron chi connectivity index (χ3n) is 5.56. The van der Waals surface area contributed by atoms with Crippen molar-refractivity contribution in [3.05, 3.63) is 58.9 Å². The first-order valence-electron chi connectivity index (χ1n) is 10.4. The summed E-state index contributed by atoms with van der Waals surface area (Å²) in [7, 11) is 1.29. The van der Waals surface area contributed by atoms with Crippen LogP contribution in [0.5, 0.6) is 0 Å². The van der Waals surface area contributed by atoms with Crippen LogP contribution >= 0.6 is 0 Å². The van der Waals surface area contributed by atoms with Crippen molar-refractivity contribution in [2.24, 2.45) is 0 Å². The zero-order valence-corrected chi connectivity index (χ0v) is 18.2. The van der Waals surface area contributed by atoms with E-state index in [1.54, 1.807) is 16.7 Å². The Hall–Kier alpha value is -3.37. The molecule has 33 heavy (non-hydrogen) atoms. The van der Waals surface area contributed by atoms with Crippen molar-refractivity contribution in [2.45, 2.75) is 26.0 Å². The van der Waals surface area contributed by atoms with Gasteiger partial charge in [0.1, 0.15) is 17.3 Å². The van der Waals surface area contributed by atoms with Crippen LogP contribution in [0.1, 0.15) is 16.8 Å². The molecule has 0 spiro atoms. The molecule has 0 saturated carbocycles. The molecule has 1 fully saturated rings. The Morgan fingerprint density at radius 1 is 1.27 bits per heavy atom. The van der Waals surface area contributed by atoms with Crippen LogP contribution in [0.4, 0.5) is 8.78 Å². The number of carboxylic acid groups (broad SMARTS) is 1. The highest BCUT2D eigenvalue weighted by atomic mass is 19.1. The van der Waals surface area contributed by atoms with E-state index in [0.717, 1.165) is 17.7 Å². The van der Waals surface area contributed by atoms with Crippen molar-refractivity contribution in [1.29, 1.82) is 0 Å². The van der Waals surface area contributed by atoms with Crippen LogP contribution < -0.4 is 0 Å². The van der Waals surface area contributed by atoms with E-state index >= 15 is 8.78 Å². The third kappa shape index (κ3) is 4.71. The van der Waals surface area contributed by atoms with Gasteiger partial charge in [-0.3, -0.25) is 9.69 Å². The maximum Gasteiger partial charge on any atom is 0.336 e. The van der Waals surface area contributed by atoms with Crippen LogP contribution in [-0.4, -0.2) is 64.2 Å². The zero-order chi connectivity index (χ0) is 23.7. The molecule has 0 amide bonds. The molecule has 1 aliphatic rings. The minimum Gasteiger partial charge on any atom is -0.481 e. The summed E-state index contributed by atoms with van der Waals surface area (Å²) in [6.45, 7) is 3.21. The number of benzene rings is 1. The van der Waals surface area contributed by atoms with Crippen molar-refractivity contribution in [2.75, 3.05) is 26.8 Å². The number of aryl methyl sites for hydroxylation is 1. The lowest BCUT2D eigenvalue weighted by atomic mass is 10.0. The van der Waals surface area contributed by atoms with E-state index in [1.165, 1.54) is 7.11 Å². The van der Waals surface area contributed by atoms with Gasteiger partial charge in [0, 0.05) is 25.8 Å². The summed E-state index contributed by atoms with van der Waals surface area (Å²) < 4.78 is 42.1. The number of hydrogen-bond donors (Lipinski definition) is 1. The predicted octanol–water partition coefficient (Wildman–Crippen LogP) is 2.59. The van der Waals surface area contributed by atoms with E-state index in [-0.39, 0.29) is 29.9 Å². The lowest BCUT2D eigenvalue weighted by molar-refractivity contribution is -0.160. The second-order valence-corrected chi connectivity index (χ2v) is 7.96. The van der Waals surface area contributed by atoms with Crippen LogP contribution in [0.25, 0.3) is 16.9 Å². The lowest BCUT2D eigenvalue weighted by Gasteiger charge is -2.31. The summed E-state index contributed by atoms with van der Waals surface area (Å²) >= 11 is 0. The Kier molecular flexibility index (Phi) is 6.39. The summed E-state index contributed by atoms with van der Waals surface area (Å²) in [4.78, 5) is 29.3. The number of morpholine rings is 1. The molecule has 0 radical (unpaired) electrons. The van der Waals surface area contributed by atoms with Crippen molar-refractivity contribution >= 4 is 17.6 Å². The van der Waals surface area contributed by atoms with Crippen molar-refractivity contribution in [3.8, 4) is 11.3 Å². The van der Waals surface area contributed by atoms with Gasteiger partial charge in [-0.15, -0.1) is 0 Å². The van der Waals surface area contributed by atoms with Crippen molar-refractivity contribution in [3.63, 3.8) is 0 Å². The molecule has 3 heterocycles. The van der Waals surface area contributed by atoms with Gasteiger partial charge in [-0.25, -0.2) is 18.6 Å². The molecule has 8 nitrogen and oxygen atoms in total. The van der Waals surface area contributed by atoms with Gasteiger partial charge >= 0.3 is 11.9 Å². The molecule has 2 aromatic heterocycles. The standard InChI is InChI=1S/C23H23F2N3O5/c1-13-3-4-28-17(11-27-5-6-33-18(12-27)23(31)32-2)22(26-19(28)7-13)21-15(24)8-14(9-16(21)25)10-20(29)30/h3-4,7-9,18H,5-6,10-12H2,1-2H3,(H,29,30)/t18-/m0/s1. The van der Waals surface area contributed by atoms with Crippen LogP contribution in [0.2, 0.25) is 0 Å². The number of imidazole rings is 1. The van der Waals surface area contributed by atoms with Gasteiger partial charge in [-0.05, 0) is 42.3 Å². The van der Waals surface area contributed by atoms with Crippen molar-refractivity contribution in [1.82, 2.24) is 14.3 Å². The first kappa shape index (κ1) is 22.8. The SMILES string of the molecule is COC(=O)[C@@H]1CN(Cc2c(-c3c(F)cc(CC(=O)O)cc3F)nc3cc(C)ccn23)CCO1. The second kappa shape index (κ2) is 9.24. The molecule has 0 aliphatic carbocycles. The fraction of sp³-hybridized carbons (Fsp3) is 0.348. The Morgan fingerprint density at radius 2 is 2.00 bits per heavy atom. The smallest absolute Gasteiger partial charge is 0.336 e. The summed E-state index contributed by atoms with van der Waals surface area (Å²) in [6, 6.07) is 5.71. The summed E-state index contributed by atoms with van der Waals surface area (Å²) in [6.07, 6.45) is 0.537. The summed E-state index contributed by atoms with van der Waals surface area (Å²) in [5.41, 5.74) is 1.82. The maximum absolute atomic E-state index is 15.1. The topological polar surface area (TPSA) is 93.4 Å². The lowest BCUT2D eigenvalue weighted by Crippen LogP contribution is -2.46. The number of hydrogen-bond acceptors (Lipinski definition) is 6. The number of nitrogens with zero attached hydrogens (tertiary/aromatic N) is 3. The number of carbonyl (C=O) groups is 2. The number of pyridine rings is 1. The number of rotatable bonds is 6. The first-order chi connectivity index (χ1) is 15.8. The van der Waals surface area contributed by atoms with Gasteiger partial charge in [-0.2, -0.15) is 0 Å². The van der Waals surface area contributed by atoms with Gasteiger partial charge < -0.3 is 19.0 Å². The van der Waals surface area contributed by atoms with Crippen LogP contribution in [-0.2, 0) is 32.0 Å². The second-order valence-electron chi connectivity index (χ2n) is 7.96. The molecule has 1 aromatic carbocycles. The molecular formula is C23H23F2N3O5. The van der Waals surface area contributed by atoms with Gasteiger partial charge in [-0.1, -0.05) is 0 Å². The van der Waals surface area contributed by atoms with E-state index in [0.29, 0.717) is 24.5 Å². The zero-order valence-electron chi connectivity index (χ0n) is 18.2. The molecule has 0 bridgehead atoms. The number of halogens is 2. The average molecular weight is 459 g/mol. The number of fused-ring (bicyclic) bond motifs is 1. The first-order valence-corrected chi connectivity index (χ1v) is 10.4. The molecule has 1 N–H and O–H groups in total. The minimum atomic E-state index is -1.18. The van der Waals surface area contributed by atoms with Crippen LogP contribution in [0.15, 0.2) is 30.5 Å². The Balaban J connectivity index is 1.78.